The van der Waals surface area contributed by atoms with E-state index in [9.17, 15) is 8.78 Å². The van der Waals surface area contributed by atoms with E-state index in [0.717, 1.165) is 37.5 Å². The Hall–Kier alpha value is -1.12. The second-order valence-corrected chi connectivity index (χ2v) is 8.83. The lowest BCUT2D eigenvalue weighted by Gasteiger charge is -2.42. The van der Waals surface area contributed by atoms with Gasteiger partial charge < -0.3 is 4.74 Å². The first-order valence-electron chi connectivity index (χ1n) is 10.6. The van der Waals surface area contributed by atoms with E-state index >= 15 is 0 Å². The number of benzene rings is 1. The fraction of sp³-hybridized carbons (Fsp3) is 0.739. The van der Waals surface area contributed by atoms with Gasteiger partial charge in [0.2, 0.25) is 5.82 Å². The first kappa shape index (κ1) is 19.6. The number of hydrogen-bond donors (Lipinski definition) is 0. The maximum absolute atomic E-state index is 14.5. The van der Waals surface area contributed by atoms with E-state index in [1.54, 1.807) is 19.1 Å². The van der Waals surface area contributed by atoms with Crippen LogP contribution < -0.4 is 4.74 Å². The molecule has 0 bridgehead atoms. The van der Waals surface area contributed by atoms with Crippen LogP contribution in [-0.4, -0.2) is 6.61 Å². The predicted molar refractivity (Wildman–Crippen MR) is 103 cm³/mol. The summed E-state index contributed by atoms with van der Waals surface area (Å²) in [5.41, 5.74) is 1.10. The minimum Gasteiger partial charge on any atom is -0.491 e. The topological polar surface area (TPSA) is 9.23 Å². The van der Waals surface area contributed by atoms with E-state index in [2.05, 4.69) is 13.8 Å². The molecule has 0 N–H and O–H groups in total. The van der Waals surface area contributed by atoms with Gasteiger partial charge in [-0.2, -0.15) is 4.39 Å². The largest absolute Gasteiger partial charge is 0.491 e. The average molecular weight is 365 g/mol. The molecular weight excluding hydrogens is 330 g/mol. The van der Waals surface area contributed by atoms with Crippen molar-refractivity contribution in [1.29, 1.82) is 0 Å². The van der Waals surface area contributed by atoms with Crippen LogP contribution in [-0.2, 0) is 0 Å². The van der Waals surface area contributed by atoms with Gasteiger partial charge in [-0.25, -0.2) is 4.39 Å². The first-order valence-corrected chi connectivity index (χ1v) is 10.6. The molecule has 26 heavy (non-hydrogen) atoms. The van der Waals surface area contributed by atoms with Gasteiger partial charge in [-0.3, -0.25) is 0 Å². The predicted octanol–water partition coefficient (Wildman–Crippen LogP) is 7.24. The van der Waals surface area contributed by atoms with E-state index in [1.165, 1.54) is 32.1 Å². The summed E-state index contributed by atoms with van der Waals surface area (Å²) in [5, 5.41) is 0. The van der Waals surface area contributed by atoms with E-state index < -0.39 is 11.6 Å². The lowest BCUT2D eigenvalue weighted by molar-refractivity contribution is 0.108. The van der Waals surface area contributed by atoms with Crippen molar-refractivity contribution in [1.82, 2.24) is 0 Å². The minimum atomic E-state index is -0.822. The second-order valence-electron chi connectivity index (χ2n) is 8.83. The quantitative estimate of drug-likeness (QED) is 0.535. The highest BCUT2D eigenvalue weighted by molar-refractivity contribution is 5.33. The fourth-order valence-corrected chi connectivity index (χ4v) is 5.19. The van der Waals surface area contributed by atoms with Crippen molar-refractivity contribution in [2.45, 2.75) is 84.5 Å². The van der Waals surface area contributed by atoms with Crippen molar-refractivity contribution < 1.29 is 13.5 Å². The Morgan fingerprint density at radius 3 is 2.12 bits per heavy atom. The molecule has 0 unspecified atom stereocenters. The molecule has 2 fully saturated rings. The van der Waals surface area contributed by atoms with Crippen molar-refractivity contribution in [3.63, 3.8) is 0 Å². The smallest absolute Gasteiger partial charge is 0.200 e. The Morgan fingerprint density at radius 2 is 1.54 bits per heavy atom. The molecular formula is C23H34F2O. The number of ether oxygens (including phenoxy) is 1. The highest BCUT2D eigenvalue weighted by Gasteiger charge is 2.35. The van der Waals surface area contributed by atoms with Crippen molar-refractivity contribution in [3.05, 3.63) is 29.3 Å². The van der Waals surface area contributed by atoms with E-state index in [1.807, 2.05) is 0 Å². The van der Waals surface area contributed by atoms with Gasteiger partial charge in [0.05, 0.1) is 6.61 Å². The van der Waals surface area contributed by atoms with E-state index in [0.29, 0.717) is 17.6 Å². The fourth-order valence-electron chi connectivity index (χ4n) is 5.19. The van der Waals surface area contributed by atoms with Gasteiger partial charge in [0, 0.05) is 0 Å². The Labute approximate surface area is 157 Å². The van der Waals surface area contributed by atoms with Crippen LogP contribution in [0.2, 0.25) is 0 Å². The van der Waals surface area contributed by atoms with Crippen LogP contribution in [0.4, 0.5) is 8.78 Å². The number of halogens is 2. The molecule has 2 aliphatic carbocycles. The van der Waals surface area contributed by atoms with Crippen LogP contribution in [0.1, 0.15) is 90.0 Å². The summed E-state index contributed by atoms with van der Waals surface area (Å²) in [4.78, 5) is 0. The molecule has 0 heterocycles. The summed E-state index contributed by atoms with van der Waals surface area (Å²) in [7, 11) is 0. The number of hydrogen-bond acceptors (Lipinski definition) is 1. The molecule has 3 heteroatoms. The van der Waals surface area contributed by atoms with E-state index in [-0.39, 0.29) is 11.7 Å². The maximum atomic E-state index is 14.5. The van der Waals surface area contributed by atoms with Crippen molar-refractivity contribution >= 4 is 0 Å². The Bertz CT molecular complexity index is 596. The monoisotopic (exact) mass is 364 g/mol. The zero-order chi connectivity index (χ0) is 18.7. The molecule has 2 aliphatic rings. The van der Waals surface area contributed by atoms with E-state index in [4.69, 9.17) is 4.74 Å². The van der Waals surface area contributed by atoms with Crippen molar-refractivity contribution in [2.75, 3.05) is 6.61 Å². The molecule has 146 valence electrons. The summed E-state index contributed by atoms with van der Waals surface area (Å²) >= 11 is 0. The lowest BCUT2D eigenvalue weighted by Crippen LogP contribution is -2.29. The second kappa shape index (κ2) is 8.27. The molecule has 0 saturated heterocycles. The minimum absolute atomic E-state index is 0.0311. The number of rotatable bonds is 5. The van der Waals surface area contributed by atoms with Gasteiger partial charge in [-0.1, -0.05) is 26.3 Å². The summed E-state index contributed by atoms with van der Waals surface area (Å²) in [6, 6.07) is 3.33. The molecule has 0 spiro atoms. The molecule has 3 rings (SSSR count). The van der Waals surface area contributed by atoms with Crippen molar-refractivity contribution in [3.8, 4) is 5.75 Å². The van der Waals surface area contributed by atoms with Crippen LogP contribution in [0.3, 0.4) is 0 Å². The van der Waals surface area contributed by atoms with Gasteiger partial charge in [0.1, 0.15) is 0 Å². The third-order valence-electron chi connectivity index (χ3n) is 7.35. The normalized spacial score (nSPS) is 32.4. The third-order valence-corrected chi connectivity index (χ3v) is 7.35. The highest BCUT2D eigenvalue weighted by atomic mass is 19.2. The van der Waals surface area contributed by atoms with Crippen LogP contribution in [0.5, 0.6) is 5.75 Å². The molecule has 2 saturated carbocycles. The summed E-state index contributed by atoms with van der Waals surface area (Å²) in [6.45, 7) is 6.87. The Kier molecular flexibility index (Phi) is 6.25. The molecule has 1 aromatic carbocycles. The molecule has 1 aromatic rings. The molecule has 0 atom stereocenters. The highest BCUT2D eigenvalue weighted by Crippen LogP contribution is 2.48. The average Bonchev–Trinajstić information content (AvgIpc) is 2.67. The Balaban J connectivity index is 1.58. The van der Waals surface area contributed by atoms with Gasteiger partial charge in [0.25, 0.3) is 0 Å². The first-order chi connectivity index (χ1) is 12.5. The maximum Gasteiger partial charge on any atom is 0.200 e. The van der Waals surface area contributed by atoms with Gasteiger partial charge in [0.15, 0.2) is 11.6 Å². The summed E-state index contributed by atoms with van der Waals surface area (Å²) < 4.78 is 33.8. The molecule has 0 radical (unpaired) electrons. The molecule has 0 aliphatic heterocycles. The standard InChI is InChI=1S/C23H34F2O/c1-4-23(3)14-12-17(13-15-23)16-6-8-18(9-7-16)19-10-11-20(26-5-2)22(25)21(19)24/h10-11,16-18H,4-9,12-15H2,1-3H3. The van der Waals surface area contributed by atoms with Crippen LogP contribution >= 0.6 is 0 Å². The zero-order valence-electron chi connectivity index (χ0n) is 16.6. The molecule has 0 amide bonds. The third kappa shape index (κ3) is 4.07. The SMILES string of the molecule is CCOc1ccc(C2CCC(C3CCC(C)(CC)CC3)CC2)c(F)c1F. The van der Waals surface area contributed by atoms with Gasteiger partial charge in [-0.05, 0) is 93.1 Å². The van der Waals surface area contributed by atoms with Gasteiger partial charge in [-0.15, -0.1) is 0 Å². The van der Waals surface area contributed by atoms with Crippen LogP contribution in [0, 0.1) is 28.9 Å². The Morgan fingerprint density at radius 1 is 0.923 bits per heavy atom. The lowest BCUT2D eigenvalue weighted by atomic mass is 9.64. The zero-order valence-corrected chi connectivity index (χ0v) is 16.6. The molecule has 0 aromatic heterocycles. The summed E-state index contributed by atoms with van der Waals surface area (Å²) in [5.74, 6) is 0.290. The van der Waals surface area contributed by atoms with Gasteiger partial charge >= 0.3 is 0 Å². The summed E-state index contributed by atoms with van der Waals surface area (Å²) in [6.07, 6.45) is 11.0. The van der Waals surface area contributed by atoms with Crippen molar-refractivity contribution in [2.24, 2.45) is 17.3 Å². The molecule has 1 nitrogen and oxygen atoms in total. The van der Waals surface area contributed by atoms with Crippen LogP contribution in [0.15, 0.2) is 12.1 Å². The van der Waals surface area contributed by atoms with Crippen LogP contribution in [0.25, 0.3) is 0 Å².